The number of rotatable bonds is 1. The lowest BCUT2D eigenvalue weighted by atomic mass is 10.1. The van der Waals surface area contributed by atoms with Crippen molar-refractivity contribution in [2.45, 2.75) is 45.3 Å². The van der Waals surface area contributed by atoms with Crippen LogP contribution in [-0.4, -0.2) is 33.6 Å². The molecule has 0 aliphatic carbocycles. The molecule has 1 rings (SSSR count). The van der Waals surface area contributed by atoms with E-state index in [0.29, 0.717) is 0 Å². The second-order valence-electron chi connectivity index (χ2n) is 4.10. The molecular formula is C8H15NO2. The van der Waals surface area contributed by atoms with E-state index in [9.17, 15) is 4.79 Å². The maximum absolute atomic E-state index is 10.6. The lowest BCUT2D eigenvalue weighted by molar-refractivity contribution is -0.137. The lowest BCUT2D eigenvalue weighted by Crippen LogP contribution is -2.30. The summed E-state index contributed by atoms with van der Waals surface area (Å²) in [5.41, 5.74) is -0.0114. The molecule has 1 N–H and O–H groups in total. The second kappa shape index (κ2) is 2.21. The summed E-state index contributed by atoms with van der Waals surface area (Å²) in [7, 11) is 0. The Morgan fingerprint density at radius 2 is 1.91 bits per heavy atom. The molecule has 64 valence electrons. The van der Waals surface area contributed by atoms with Crippen molar-refractivity contribution < 1.29 is 9.90 Å². The third-order valence-electron chi connectivity index (χ3n) is 2.13. The molecule has 0 spiro atoms. The molecule has 0 aromatic carbocycles. The van der Waals surface area contributed by atoms with Crippen LogP contribution in [0.15, 0.2) is 0 Å². The van der Waals surface area contributed by atoms with Crippen LogP contribution in [0.3, 0.4) is 0 Å². The number of nitrogens with zero attached hydrogens (tertiary/aromatic N) is 1. The monoisotopic (exact) mass is 157 g/mol. The summed E-state index contributed by atoms with van der Waals surface area (Å²) >= 11 is 0. The SMILES string of the molecule is C[C@H]1[C@@H](C(=O)O)N1C(C)(C)C. The van der Waals surface area contributed by atoms with Crippen molar-refractivity contribution in [2.24, 2.45) is 0 Å². The number of carboxylic acids is 1. The molecule has 1 aliphatic heterocycles. The summed E-state index contributed by atoms with van der Waals surface area (Å²) in [4.78, 5) is 12.6. The average Bonchev–Trinajstić information content (AvgIpc) is 2.38. The minimum atomic E-state index is -0.701. The molecule has 11 heavy (non-hydrogen) atoms. The molecule has 0 radical (unpaired) electrons. The Balaban J connectivity index is 2.62. The minimum absolute atomic E-state index is 0.0114. The van der Waals surface area contributed by atoms with E-state index in [4.69, 9.17) is 5.11 Å². The average molecular weight is 157 g/mol. The summed E-state index contributed by atoms with van der Waals surface area (Å²) in [5, 5.41) is 8.72. The molecule has 1 unspecified atom stereocenters. The standard InChI is InChI=1S/C8H15NO2/c1-5-6(7(10)11)9(5)8(2,3)4/h5-6H,1-4H3,(H,10,11)/t5-,6-,9?/m0/s1. The predicted molar refractivity (Wildman–Crippen MR) is 42.5 cm³/mol. The van der Waals surface area contributed by atoms with Gasteiger partial charge in [0.15, 0.2) is 0 Å². The van der Waals surface area contributed by atoms with Gasteiger partial charge in [-0.05, 0) is 27.7 Å². The van der Waals surface area contributed by atoms with Gasteiger partial charge in [0.25, 0.3) is 0 Å². The van der Waals surface area contributed by atoms with E-state index in [1.54, 1.807) is 0 Å². The molecule has 3 atom stereocenters. The van der Waals surface area contributed by atoms with Crippen LogP contribution in [0.25, 0.3) is 0 Å². The topological polar surface area (TPSA) is 40.3 Å². The molecule has 3 heteroatoms. The highest BCUT2D eigenvalue weighted by atomic mass is 16.4. The van der Waals surface area contributed by atoms with Crippen LogP contribution in [0.1, 0.15) is 27.7 Å². The molecule has 1 heterocycles. The maximum Gasteiger partial charge on any atom is 0.322 e. The van der Waals surface area contributed by atoms with E-state index in [0.717, 1.165) is 0 Å². The lowest BCUT2D eigenvalue weighted by Gasteiger charge is -2.21. The summed E-state index contributed by atoms with van der Waals surface area (Å²) in [5.74, 6) is -0.701. The highest BCUT2D eigenvalue weighted by Gasteiger charge is 2.54. The summed E-state index contributed by atoms with van der Waals surface area (Å²) in [6.45, 7) is 8.05. The molecule has 1 aliphatic rings. The smallest absolute Gasteiger partial charge is 0.322 e. The van der Waals surface area contributed by atoms with Gasteiger partial charge in [-0.3, -0.25) is 9.69 Å². The highest BCUT2D eigenvalue weighted by molar-refractivity contribution is 5.78. The quantitative estimate of drug-likeness (QED) is 0.576. The third kappa shape index (κ3) is 1.38. The Morgan fingerprint density at radius 1 is 1.45 bits per heavy atom. The molecule has 0 saturated carbocycles. The number of aliphatic carboxylic acids is 1. The molecule has 1 saturated heterocycles. The zero-order chi connectivity index (χ0) is 8.81. The summed E-state index contributed by atoms with van der Waals surface area (Å²) in [6, 6.07) is -0.0532. The number of hydrogen-bond donors (Lipinski definition) is 1. The largest absolute Gasteiger partial charge is 0.480 e. The highest BCUT2D eigenvalue weighted by Crippen LogP contribution is 2.36. The van der Waals surface area contributed by atoms with Crippen LogP contribution < -0.4 is 0 Å². The van der Waals surface area contributed by atoms with Gasteiger partial charge in [0.05, 0.1) is 0 Å². The van der Waals surface area contributed by atoms with Gasteiger partial charge < -0.3 is 5.11 Å². The Morgan fingerprint density at radius 3 is 2.00 bits per heavy atom. The molecule has 0 amide bonds. The molecule has 3 nitrogen and oxygen atoms in total. The Labute approximate surface area is 67.0 Å². The summed E-state index contributed by atoms with van der Waals surface area (Å²) in [6.07, 6.45) is 0. The van der Waals surface area contributed by atoms with Gasteiger partial charge in [-0.25, -0.2) is 0 Å². The van der Waals surface area contributed by atoms with Gasteiger partial charge in [-0.1, -0.05) is 0 Å². The van der Waals surface area contributed by atoms with Crippen molar-refractivity contribution in [1.29, 1.82) is 0 Å². The van der Waals surface area contributed by atoms with Crippen molar-refractivity contribution >= 4 is 5.97 Å². The predicted octanol–water partition coefficient (Wildman–Crippen LogP) is 0.942. The van der Waals surface area contributed by atoms with Crippen LogP contribution in [0.5, 0.6) is 0 Å². The molecule has 0 bridgehead atoms. The van der Waals surface area contributed by atoms with Gasteiger partial charge in [-0.2, -0.15) is 0 Å². The Hall–Kier alpha value is -0.570. The van der Waals surface area contributed by atoms with E-state index in [1.165, 1.54) is 0 Å². The fraction of sp³-hybridized carbons (Fsp3) is 0.875. The first-order chi connectivity index (χ1) is 4.85. The van der Waals surface area contributed by atoms with Crippen molar-refractivity contribution in [3.8, 4) is 0 Å². The zero-order valence-electron chi connectivity index (χ0n) is 7.46. The van der Waals surface area contributed by atoms with Crippen molar-refractivity contribution in [1.82, 2.24) is 4.90 Å². The van der Waals surface area contributed by atoms with Crippen molar-refractivity contribution in [3.05, 3.63) is 0 Å². The fourth-order valence-electron chi connectivity index (χ4n) is 1.70. The first-order valence-corrected chi connectivity index (χ1v) is 3.87. The number of hydrogen-bond acceptors (Lipinski definition) is 2. The molecule has 0 aromatic rings. The van der Waals surface area contributed by atoms with E-state index in [1.807, 2.05) is 32.6 Å². The number of carbonyl (C=O) groups is 1. The number of carboxylic acid groups (broad SMARTS) is 1. The van der Waals surface area contributed by atoms with Gasteiger partial charge >= 0.3 is 5.97 Å². The first kappa shape index (κ1) is 8.53. The van der Waals surface area contributed by atoms with Gasteiger partial charge in [-0.15, -0.1) is 0 Å². The molecular weight excluding hydrogens is 142 g/mol. The van der Waals surface area contributed by atoms with Gasteiger partial charge in [0, 0.05) is 11.6 Å². The zero-order valence-corrected chi connectivity index (χ0v) is 7.46. The van der Waals surface area contributed by atoms with E-state index >= 15 is 0 Å². The second-order valence-corrected chi connectivity index (χ2v) is 4.10. The van der Waals surface area contributed by atoms with Crippen LogP contribution in [-0.2, 0) is 4.79 Å². The van der Waals surface area contributed by atoms with Gasteiger partial charge in [0.2, 0.25) is 0 Å². The Bertz CT molecular complexity index is 183. The van der Waals surface area contributed by atoms with Crippen LogP contribution in [0, 0.1) is 0 Å². The maximum atomic E-state index is 10.6. The summed E-state index contributed by atoms with van der Waals surface area (Å²) < 4.78 is 0. The molecule has 0 aromatic heterocycles. The Kier molecular flexibility index (Phi) is 1.71. The third-order valence-corrected chi connectivity index (χ3v) is 2.13. The van der Waals surface area contributed by atoms with E-state index in [2.05, 4.69) is 0 Å². The van der Waals surface area contributed by atoms with E-state index < -0.39 is 5.97 Å². The van der Waals surface area contributed by atoms with Crippen LogP contribution in [0.2, 0.25) is 0 Å². The van der Waals surface area contributed by atoms with Gasteiger partial charge in [0.1, 0.15) is 6.04 Å². The van der Waals surface area contributed by atoms with E-state index in [-0.39, 0.29) is 17.6 Å². The normalized spacial score (nSPS) is 36.9. The van der Waals surface area contributed by atoms with Crippen molar-refractivity contribution in [3.63, 3.8) is 0 Å². The fourth-order valence-corrected chi connectivity index (χ4v) is 1.70. The van der Waals surface area contributed by atoms with Crippen LogP contribution in [0.4, 0.5) is 0 Å². The first-order valence-electron chi connectivity index (χ1n) is 3.87. The van der Waals surface area contributed by atoms with Crippen molar-refractivity contribution in [2.75, 3.05) is 0 Å². The van der Waals surface area contributed by atoms with Crippen LogP contribution >= 0.6 is 0 Å². The molecule has 1 fully saturated rings. The minimum Gasteiger partial charge on any atom is -0.480 e.